The van der Waals surface area contributed by atoms with Gasteiger partial charge in [0, 0.05) is 23.3 Å². The van der Waals surface area contributed by atoms with Gasteiger partial charge in [-0.1, -0.05) is 19.8 Å². The number of rotatable bonds is 6. The van der Waals surface area contributed by atoms with Crippen LogP contribution in [0.3, 0.4) is 0 Å². The minimum atomic E-state index is -0.0122. The van der Waals surface area contributed by atoms with E-state index in [1.54, 1.807) is 6.33 Å². The highest BCUT2D eigenvalue weighted by atomic mass is 16.1. The Morgan fingerprint density at radius 3 is 2.66 bits per heavy atom. The van der Waals surface area contributed by atoms with Gasteiger partial charge < -0.3 is 20.4 Å². The summed E-state index contributed by atoms with van der Waals surface area (Å²) in [5, 5.41) is 15.3. The van der Waals surface area contributed by atoms with Crippen LogP contribution < -0.4 is 15.5 Å². The van der Waals surface area contributed by atoms with E-state index in [1.165, 1.54) is 12.8 Å². The van der Waals surface area contributed by atoms with Crippen molar-refractivity contribution in [1.82, 2.24) is 34.9 Å². The van der Waals surface area contributed by atoms with Crippen LogP contribution >= 0.6 is 0 Å². The molecule has 0 spiro atoms. The lowest BCUT2D eigenvalue weighted by Crippen LogP contribution is -2.43. The van der Waals surface area contributed by atoms with Crippen LogP contribution in [0.15, 0.2) is 30.7 Å². The zero-order valence-electron chi connectivity index (χ0n) is 22.5. The van der Waals surface area contributed by atoms with Crippen molar-refractivity contribution in [2.24, 2.45) is 0 Å². The molecular weight excluding hydrogens is 478 g/mol. The summed E-state index contributed by atoms with van der Waals surface area (Å²) < 4.78 is 2.03. The molecule has 38 heavy (non-hydrogen) atoms. The van der Waals surface area contributed by atoms with Gasteiger partial charge in [0.15, 0.2) is 11.6 Å². The average molecular weight is 516 g/mol. The Balaban J connectivity index is 1.24. The van der Waals surface area contributed by atoms with Crippen molar-refractivity contribution in [2.75, 3.05) is 30.4 Å². The number of benzene rings is 1. The zero-order valence-corrected chi connectivity index (χ0v) is 22.5. The molecule has 3 aliphatic rings. The lowest BCUT2D eigenvalue weighted by Gasteiger charge is -2.40. The second-order valence-electron chi connectivity index (χ2n) is 10.9. The van der Waals surface area contributed by atoms with Crippen molar-refractivity contribution in [1.29, 1.82) is 0 Å². The van der Waals surface area contributed by atoms with Gasteiger partial charge in [-0.25, -0.2) is 4.98 Å². The molecule has 10 nitrogen and oxygen atoms in total. The number of nitrogens with one attached hydrogen (secondary N) is 2. The largest absolute Gasteiger partial charge is 0.349 e. The summed E-state index contributed by atoms with van der Waals surface area (Å²) in [6.07, 6.45) is 11.4. The number of carbonyl (C=O) groups excluding carboxylic acids is 1. The van der Waals surface area contributed by atoms with Gasteiger partial charge in [-0.15, -0.1) is 10.2 Å². The standard InChI is InChI=1S/C28H37N9O/c1-4-23-26-34-30-17-36(26)24-16-29-28(33-25(24)37(23)21-7-5-6-8-21)32-22-10-9-19(15-18(22)2)27(38)31-20-11-13-35(3)14-12-20/h9-10,15-17,20-21,23H,4-8,11-14H2,1-3H3,(H,31,38)(H,29,32,33). The van der Waals surface area contributed by atoms with Crippen LogP contribution in [-0.2, 0) is 0 Å². The van der Waals surface area contributed by atoms with E-state index in [0.717, 1.165) is 73.8 Å². The van der Waals surface area contributed by atoms with E-state index in [9.17, 15) is 4.79 Å². The maximum Gasteiger partial charge on any atom is 0.251 e. The molecule has 2 aromatic heterocycles. The number of aryl methyl sites for hydroxylation is 1. The first-order valence-electron chi connectivity index (χ1n) is 13.9. The van der Waals surface area contributed by atoms with Crippen LogP contribution in [0.5, 0.6) is 0 Å². The topological polar surface area (TPSA) is 104 Å². The van der Waals surface area contributed by atoms with E-state index in [-0.39, 0.29) is 18.0 Å². The summed E-state index contributed by atoms with van der Waals surface area (Å²) in [6.45, 7) is 6.24. The smallest absolute Gasteiger partial charge is 0.251 e. The number of hydrogen-bond acceptors (Lipinski definition) is 8. The Hall–Kier alpha value is -3.53. The summed E-state index contributed by atoms with van der Waals surface area (Å²) >= 11 is 0. The van der Waals surface area contributed by atoms with Crippen LogP contribution in [0.25, 0.3) is 5.69 Å². The first-order valence-corrected chi connectivity index (χ1v) is 13.9. The van der Waals surface area contributed by atoms with E-state index >= 15 is 0 Å². The fourth-order valence-corrected chi connectivity index (χ4v) is 6.19. The molecule has 1 unspecified atom stereocenters. The van der Waals surface area contributed by atoms with E-state index in [4.69, 9.17) is 4.98 Å². The highest BCUT2D eigenvalue weighted by Gasteiger charge is 2.38. The molecule has 1 amide bonds. The van der Waals surface area contributed by atoms with Crippen LogP contribution in [0.4, 0.5) is 17.5 Å². The van der Waals surface area contributed by atoms with E-state index < -0.39 is 0 Å². The Morgan fingerprint density at radius 1 is 1.13 bits per heavy atom. The Bertz CT molecular complexity index is 1310. The Kier molecular flexibility index (Phi) is 6.73. The molecule has 1 aromatic carbocycles. The normalized spacial score (nSPS) is 20.3. The summed E-state index contributed by atoms with van der Waals surface area (Å²) in [5.41, 5.74) is 3.46. The van der Waals surface area contributed by atoms with E-state index in [1.807, 2.05) is 35.9 Å². The molecule has 1 aliphatic carbocycles. The van der Waals surface area contributed by atoms with Crippen molar-refractivity contribution in [3.8, 4) is 5.69 Å². The van der Waals surface area contributed by atoms with Gasteiger partial charge in [-0.05, 0) is 82.9 Å². The highest BCUT2D eigenvalue weighted by Crippen LogP contribution is 2.42. The lowest BCUT2D eigenvalue weighted by molar-refractivity contribution is 0.0917. The van der Waals surface area contributed by atoms with Crippen LogP contribution in [0.2, 0.25) is 0 Å². The van der Waals surface area contributed by atoms with Crippen LogP contribution in [-0.4, -0.2) is 67.8 Å². The van der Waals surface area contributed by atoms with Crippen molar-refractivity contribution >= 4 is 23.4 Å². The Labute approximate surface area is 223 Å². The molecule has 1 atom stereocenters. The monoisotopic (exact) mass is 515 g/mol. The first kappa shape index (κ1) is 24.8. The molecule has 200 valence electrons. The van der Waals surface area contributed by atoms with Gasteiger partial charge in [-0.2, -0.15) is 4.98 Å². The number of likely N-dealkylation sites (tertiary alicyclic amines) is 1. The highest BCUT2D eigenvalue weighted by molar-refractivity contribution is 5.95. The molecule has 0 radical (unpaired) electrons. The molecule has 2 aliphatic heterocycles. The Morgan fingerprint density at radius 2 is 1.92 bits per heavy atom. The molecule has 6 rings (SSSR count). The fourth-order valence-electron chi connectivity index (χ4n) is 6.19. The van der Waals surface area contributed by atoms with E-state index in [2.05, 4.69) is 49.6 Å². The molecule has 2 N–H and O–H groups in total. The molecular formula is C28H37N9O. The minimum Gasteiger partial charge on any atom is -0.349 e. The van der Waals surface area contributed by atoms with Crippen molar-refractivity contribution in [2.45, 2.75) is 76.9 Å². The third kappa shape index (κ3) is 4.62. The second-order valence-corrected chi connectivity index (χ2v) is 10.9. The molecule has 1 saturated heterocycles. The third-order valence-electron chi connectivity index (χ3n) is 8.36. The number of hydrogen-bond donors (Lipinski definition) is 2. The number of nitrogens with zero attached hydrogens (tertiary/aromatic N) is 7. The molecule has 2 fully saturated rings. The predicted molar refractivity (Wildman–Crippen MR) is 147 cm³/mol. The molecule has 1 saturated carbocycles. The van der Waals surface area contributed by atoms with Crippen LogP contribution in [0.1, 0.15) is 79.7 Å². The average Bonchev–Trinajstić information content (AvgIpc) is 3.63. The van der Waals surface area contributed by atoms with Gasteiger partial charge in [0.25, 0.3) is 5.91 Å². The zero-order chi connectivity index (χ0) is 26.2. The maximum atomic E-state index is 12.9. The van der Waals surface area contributed by atoms with Gasteiger partial charge in [-0.3, -0.25) is 9.36 Å². The summed E-state index contributed by atoms with van der Waals surface area (Å²) in [6, 6.07) is 6.58. The summed E-state index contributed by atoms with van der Waals surface area (Å²) in [5.74, 6) is 2.42. The fraction of sp³-hybridized carbons (Fsp3) is 0.536. The summed E-state index contributed by atoms with van der Waals surface area (Å²) in [4.78, 5) is 27.3. The first-order chi connectivity index (χ1) is 18.5. The number of piperidine rings is 1. The van der Waals surface area contributed by atoms with E-state index in [0.29, 0.717) is 17.6 Å². The van der Waals surface area contributed by atoms with Crippen LogP contribution in [0, 0.1) is 6.92 Å². The number of anilines is 3. The van der Waals surface area contributed by atoms with Crippen molar-refractivity contribution in [3.63, 3.8) is 0 Å². The molecule has 0 bridgehead atoms. The lowest BCUT2D eigenvalue weighted by atomic mass is 10.0. The third-order valence-corrected chi connectivity index (χ3v) is 8.36. The van der Waals surface area contributed by atoms with Gasteiger partial charge >= 0.3 is 0 Å². The molecule has 10 heteroatoms. The molecule has 3 aromatic rings. The minimum absolute atomic E-state index is 0.0122. The summed E-state index contributed by atoms with van der Waals surface area (Å²) in [7, 11) is 2.12. The quantitative estimate of drug-likeness (QED) is 0.505. The molecule has 4 heterocycles. The second kappa shape index (κ2) is 10.3. The number of fused-ring (bicyclic) bond motifs is 3. The van der Waals surface area contributed by atoms with Gasteiger partial charge in [0.05, 0.1) is 12.2 Å². The van der Waals surface area contributed by atoms with Crippen molar-refractivity contribution < 1.29 is 4.79 Å². The van der Waals surface area contributed by atoms with Gasteiger partial charge in [0.1, 0.15) is 12.0 Å². The SMILES string of the molecule is CCC1c2nncn2-c2cnc(Nc3ccc(C(=O)NC4CCN(C)CC4)cc3C)nc2N1C1CCCC1. The number of aromatic nitrogens is 5. The van der Waals surface area contributed by atoms with Crippen molar-refractivity contribution in [3.05, 3.63) is 47.7 Å². The number of amides is 1. The maximum absolute atomic E-state index is 12.9. The number of carbonyl (C=O) groups is 1. The van der Waals surface area contributed by atoms with Gasteiger partial charge in [0.2, 0.25) is 5.95 Å². The predicted octanol–water partition coefficient (Wildman–Crippen LogP) is 4.15.